The molecule has 1 N–H and O–H groups in total. The predicted molar refractivity (Wildman–Crippen MR) is 68.9 cm³/mol. The maximum atomic E-state index is 11.4. The Morgan fingerprint density at radius 2 is 2.16 bits per heavy atom. The van der Waals surface area contributed by atoms with Crippen molar-refractivity contribution in [1.29, 1.82) is 0 Å². The summed E-state index contributed by atoms with van der Waals surface area (Å²) in [5.74, 6) is -1.14. The molecule has 1 heterocycles. The quantitative estimate of drug-likeness (QED) is 0.694. The molecule has 1 atom stereocenters. The number of carbonyl (C=O) groups excluding carboxylic acids is 1. The molecule has 1 aliphatic rings. The molecule has 0 bridgehead atoms. The molecule has 110 valence electrons. The van der Waals surface area contributed by atoms with E-state index in [2.05, 4.69) is 4.90 Å². The molecule has 1 aliphatic heterocycles. The fourth-order valence-electron chi connectivity index (χ4n) is 2.09. The molecular formula is C13H23NO5. The SMILES string of the molecule is CC(C)OC(=O)COC1CCCN(CCC(=O)O)C1. The lowest BCUT2D eigenvalue weighted by Gasteiger charge is -2.32. The minimum Gasteiger partial charge on any atom is -0.481 e. The van der Waals surface area contributed by atoms with Gasteiger partial charge in [0.1, 0.15) is 6.61 Å². The number of carboxylic acids is 1. The van der Waals surface area contributed by atoms with E-state index < -0.39 is 5.97 Å². The third-order valence-electron chi connectivity index (χ3n) is 2.91. The molecule has 0 aliphatic carbocycles. The number of piperidine rings is 1. The summed E-state index contributed by atoms with van der Waals surface area (Å²) in [5.41, 5.74) is 0. The van der Waals surface area contributed by atoms with E-state index in [1.807, 2.05) is 0 Å². The normalized spacial score (nSPS) is 20.5. The van der Waals surface area contributed by atoms with Crippen molar-refractivity contribution < 1.29 is 24.2 Å². The Bertz CT molecular complexity index is 305. The summed E-state index contributed by atoms with van der Waals surface area (Å²) >= 11 is 0. The van der Waals surface area contributed by atoms with Crippen LogP contribution in [0.25, 0.3) is 0 Å². The van der Waals surface area contributed by atoms with Gasteiger partial charge < -0.3 is 19.5 Å². The first kappa shape index (κ1) is 15.9. The van der Waals surface area contributed by atoms with Crippen molar-refractivity contribution in [2.24, 2.45) is 0 Å². The van der Waals surface area contributed by atoms with E-state index in [1.165, 1.54) is 0 Å². The molecule has 1 saturated heterocycles. The molecule has 0 aromatic heterocycles. The predicted octanol–water partition coefficient (Wildman–Crippen LogP) is 0.894. The van der Waals surface area contributed by atoms with Crippen molar-refractivity contribution in [3.05, 3.63) is 0 Å². The van der Waals surface area contributed by atoms with Crippen LogP contribution in [-0.2, 0) is 19.1 Å². The summed E-state index contributed by atoms with van der Waals surface area (Å²) in [7, 11) is 0. The van der Waals surface area contributed by atoms with Gasteiger partial charge in [0, 0.05) is 13.1 Å². The highest BCUT2D eigenvalue weighted by molar-refractivity contribution is 5.70. The summed E-state index contributed by atoms with van der Waals surface area (Å²) in [6, 6.07) is 0. The Balaban J connectivity index is 2.23. The van der Waals surface area contributed by atoms with Gasteiger partial charge in [-0.1, -0.05) is 0 Å². The molecular weight excluding hydrogens is 250 g/mol. The smallest absolute Gasteiger partial charge is 0.332 e. The monoisotopic (exact) mass is 273 g/mol. The maximum Gasteiger partial charge on any atom is 0.332 e. The lowest BCUT2D eigenvalue weighted by molar-refractivity contribution is -0.155. The summed E-state index contributed by atoms with van der Waals surface area (Å²) in [4.78, 5) is 23.9. The molecule has 6 nitrogen and oxygen atoms in total. The maximum absolute atomic E-state index is 11.4. The van der Waals surface area contributed by atoms with Gasteiger partial charge in [-0.15, -0.1) is 0 Å². The Morgan fingerprint density at radius 1 is 1.42 bits per heavy atom. The molecule has 0 aromatic carbocycles. The number of aliphatic carboxylic acids is 1. The van der Waals surface area contributed by atoms with E-state index in [1.54, 1.807) is 13.8 Å². The van der Waals surface area contributed by atoms with Crippen LogP contribution >= 0.6 is 0 Å². The third-order valence-corrected chi connectivity index (χ3v) is 2.91. The minimum atomic E-state index is -0.788. The van der Waals surface area contributed by atoms with Gasteiger partial charge in [0.25, 0.3) is 0 Å². The first-order valence-electron chi connectivity index (χ1n) is 6.72. The van der Waals surface area contributed by atoms with Crippen LogP contribution in [-0.4, -0.2) is 60.4 Å². The van der Waals surface area contributed by atoms with Gasteiger partial charge in [0.05, 0.1) is 18.6 Å². The first-order chi connectivity index (χ1) is 8.97. The van der Waals surface area contributed by atoms with Crippen LogP contribution in [0.3, 0.4) is 0 Å². The Hall–Kier alpha value is -1.14. The van der Waals surface area contributed by atoms with E-state index in [0.29, 0.717) is 13.1 Å². The van der Waals surface area contributed by atoms with Crippen molar-refractivity contribution in [2.75, 3.05) is 26.2 Å². The molecule has 1 unspecified atom stereocenters. The van der Waals surface area contributed by atoms with Crippen LogP contribution in [0.1, 0.15) is 33.1 Å². The second-order valence-corrected chi connectivity index (χ2v) is 5.06. The van der Waals surface area contributed by atoms with Gasteiger partial charge in [-0.05, 0) is 33.2 Å². The molecule has 0 radical (unpaired) electrons. The Labute approximate surface area is 113 Å². The van der Waals surface area contributed by atoms with Crippen LogP contribution in [0.2, 0.25) is 0 Å². The number of esters is 1. The Morgan fingerprint density at radius 3 is 2.79 bits per heavy atom. The van der Waals surface area contributed by atoms with E-state index in [-0.39, 0.29) is 31.2 Å². The summed E-state index contributed by atoms with van der Waals surface area (Å²) < 4.78 is 10.5. The Kier molecular flexibility index (Phi) is 6.80. The molecule has 6 heteroatoms. The van der Waals surface area contributed by atoms with Crippen molar-refractivity contribution in [2.45, 2.75) is 45.3 Å². The van der Waals surface area contributed by atoms with E-state index in [0.717, 1.165) is 19.4 Å². The zero-order valence-electron chi connectivity index (χ0n) is 11.6. The number of carboxylic acid groups (broad SMARTS) is 1. The van der Waals surface area contributed by atoms with Crippen molar-refractivity contribution in [3.63, 3.8) is 0 Å². The van der Waals surface area contributed by atoms with Gasteiger partial charge >= 0.3 is 11.9 Å². The highest BCUT2D eigenvalue weighted by Gasteiger charge is 2.21. The van der Waals surface area contributed by atoms with Gasteiger partial charge in [-0.3, -0.25) is 4.79 Å². The molecule has 0 saturated carbocycles. The average Bonchev–Trinajstić information content (AvgIpc) is 2.34. The lowest BCUT2D eigenvalue weighted by atomic mass is 10.1. The summed E-state index contributed by atoms with van der Waals surface area (Å²) in [6.45, 7) is 5.67. The van der Waals surface area contributed by atoms with Crippen LogP contribution < -0.4 is 0 Å². The zero-order chi connectivity index (χ0) is 14.3. The summed E-state index contributed by atoms with van der Waals surface area (Å²) in [6.07, 6.45) is 1.86. The first-order valence-corrected chi connectivity index (χ1v) is 6.72. The largest absolute Gasteiger partial charge is 0.481 e. The van der Waals surface area contributed by atoms with Gasteiger partial charge in [-0.2, -0.15) is 0 Å². The van der Waals surface area contributed by atoms with Crippen molar-refractivity contribution in [3.8, 4) is 0 Å². The lowest BCUT2D eigenvalue weighted by Crippen LogP contribution is -2.41. The van der Waals surface area contributed by atoms with E-state index in [9.17, 15) is 9.59 Å². The van der Waals surface area contributed by atoms with Crippen LogP contribution in [0.15, 0.2) is 0 Å². The number of hydrogen-bond acceptors (Lipinski definition) is 5. The van der Waals surface area contributed by atoms with Crippen molar-refractivity contribution in [1.82, 2.24) is 4.90 Å². The molecule has 0 amide bonds. The molecule has 1 fully saturated rings. The minimum absolute atomic E-state index is 0.0118. The molecule has 1 rings (SSSR count). The number of nitrogens with zero attached hydrogens (tertiary/aromatic N) is 1. The zero-order valence-corrected chi connectivity index (χ0v) is 11.6. The fraction of sp³-hybridized carbons (Fsp3) is 0.846. The highest BCUT2D eigenvalue weighted by atomic mass is 16.6. The average molecular weight is 273 g/mol. The molecule has 0 spiro atoms. The van der Waals surface area contributed by atoms with Gasteiger partial charge in [0.2, 0.25) is 0 Å². The van der Waals surface area contributed by atoms with Gasteiger partial charge in [0.15, 0.2) is 0 Å². The van der Waals surface area contributed by atoms with Crippen LogP contribution in [0.4, 0.5) is 0 Å². The van der Waals surface area contributed by atoms with Crippen LogP contribution in [0, 0.1) is 0 Å². The standard InChI is InChI=1S/C13H23NO5/c1-10(2)19-13(17)9-18-11-4-3-6-14(8-11)7-5-12(15)16/h10-11H,3-9H2,1-2H3,(H,15,16). The van der Waals surface area contributed by atoms with E-state index >= 15 is 0 Å². The second-order valence-electron chi connectivity index (χ2n) is 5.06. The number of likely N-dealkylation sites (tertiary alicyclic amines) is 1. The number of ether oxygens (including phenoxy) is 2. The van der Waals surface area contributed by atoms with Crippen molar-refractivity contribution >= 4 is 11.9 Å². The summed E-state index contributed by atoms with van der Waals surface area (Å²) in [5, 5.41) is 8.65. The third kappa shape index (κ3) is 7.12. The van der Waals surface area contributed by atoms with E-state index in [4.69, 9.17) is 14.6 Å². The second kappa shape index (κ2) is 8.12. The molecule has 19 heavy (non-hydrogen) atoms. The fourth-order valence-corrected chi connectivity index (χ4v) is 2.09. The van der Waals surface area contributed by atoms with Crippen LogP contribution in [0.5, 0.6) is 0 Å². The number of hydrogen-bond donors (Lipinski definition) is 1. The number of rotatable bonds is 7. The number of carbonyl (C=O) groups is 2. The topological polar surface area (TPSA) is 76.1 Å². The van der Waals surface area contributed by atoms with Gasteiger partial charge in [-0.25, -0.2) is 4.79 Å². The highest BCUT2D eigenvalue weighted by Crippen LogP contribution is 2.13. The molecule has 0 aromatic rings.